The number of sulfonamides is 1. The molecule has 3 aliphatic rings. The van der Waals surface area contributed by atoms with E-state index in [9.17, 15) is 22.0 Å². The first-order valence-corrected chi connectivity index (χ1v) is 12.9. The van der Waals surface area contributed by atoms with Crippen LogP contribution in [0.3, 0.4) is 0 Å². The van der Waals surface area contributed by atoms with Gasteiger partial charge in [0.2, 0.25) is 5.91 Å². The molecule has 1 aliphatic carbocycles. The van der Waals surface area contributed by atoms with E-state index in [1.807, 2.05) is 11.9 Å². The molecule has 0 radical (unpaired) electrons. The second kappa shape index (κ2) is 8.35. The third-order valence-corrected chi connectivity index (χ3v) is 8.55. The van der Waals surface area contributed by atoms with Crippen LogP contribution >= 0.6 is 11.6 Å². The van der Waals surface area contributed by atoms with Gasteiger partial charge in [-0.3, -0.25) is 9.52 Å². The fraction of sp³-hybridized carbons (Fsp3) is 0.435. The number of ether oxygens (including phenoxy) is 1. The van der Waals surface area contributed by atoms with Crippen LogP contribution in [0.15, 0.2) is 35.2 Å². The van der Waals surface area contributed by atoms with E-state index < -0.39 is 38.4 Å². The lowest BCUT2D eigenvalue weighted by molar-refractivity contribution is -0.123. The molecule has 7 nitrogen and oxygen atoms in total. The Morgan fingerprint density at radius 2 is 2.03 bits per heavy atom. The number of benzene rings is 2. The van der Waals surface area contributed by atoms with Crippen LogP contribution in [0, 0.1) is 5.82 Å². The summed E-state index contributed by atoms with van der Waals surface area (Å²) in [5, 5.41) is 2.93. The third kappa shape index (κ3) is 3.91. The lowest BCUT2D eigenvalue weighted by Gasteiger charge is -2.36. The number of piperidine rings is 1. The fourth-order valence-corrected chi connectivity index (χ4v) is 6.15. The Kier molecular flexibility index (Phi) is 5.73. The van der Waals surface area contributed by atoms with E-state index in [0.29, 0.717) is 37.1 Å². The number of carbonyl (C=O) groups is 1. The molecule has 2 N–H and O–H groups in total. The normalized spacial score (nSPS) is 23.8. The molecule has 2 fully saturated rings. The van der Waals surface area contributed by atoms with Crippen LogP contribution in [0.25, 0.3) is 0 Å². The molecule has 1 saturated heterocycles. The minimum Gasteiger partial charge on any atom is -0.485 e. The molecule has 182 valence electrons. The molecule has 0 aromatic heterocycles. The van der Waals surface area contributed by atoms with Gasteiger partial charge < -0.3 is 15.0 Å². The highest BCUT2D eigenvalue weighted by atomic mass is 35.5. The van der Waals surface area contributed by atoms with Gasteiger partial charge in [0.25, 0.3) is 10.0 Å². The highest BCUT2D eigenvalue weighted by Crippen LogP contribution is 2.54. The Bertz CT molecular complexity index is 1270. The predicted molar refractivity (Wildman–Crippen MR) is 124 cm³/mol. The van der Waals surface area contributed by atoms with E-state index >= 15 is 0 Å². The maximum absolute atomic E-state index is 14.7. The summed E-state index contributed by atoms with van der Waals surface area (Å²) in [6.45, 7) is 0.858. The summed E-state index contributed by atoms with van der Waals surface area (Å²) < 4.78 is 63.3. The number of halogens is 3. The zero-order chi connectivity index (χ0) is 24.3. The number of alkyl halides is 1. The number of nitrogens with zero attached hydrogens (tertiary/aromatic N) is 1. The standard InChI is InChI=1S/C23H24ClF2N3O4S/c1-29-8-5-18(17(26)12-29)33-19-11-14(10-15-21(19)27-22(30)23(15)6-2-7-23)28-34(31,32)20-4-3-13(24)9-16(20)25/h3-4,9-11,17-18,28H,2,5-8,12H2,1H3,(H,27,30). The summed E-state index contributed by atoms with van der Waals surface area (Å²) in [5.74, 6) is -0.972. The van der Waals surface area contributed by atoms with Crippen molar-refractivity contribution in [3.05, 3.63) is 46.7 Å². The fourth-order valence-electron chi connectivity index (χ4n) is 4.89. The van der Waals surface area contributed by atoms with Gasteiger partial charge in [-0.05, 0) is 56.1 Å². The van der Waals surface area contributed by atoms with Gasteiger partial charge >= 0.3 is 0 Å². The van der Waals surface area contributed by atoms with Gasteiger partial charge in [0.05, 0.1) is 16.8 Å². The van der Waals surface area contributed by atoms with Crippen LogP contribution in [-0.4, -0.2) is 51.6 Å². The zero-order valence-electron chi connectivity index (χ0n) is 18.4. The molecule has 1 saturated carbocycles. The van der Waals surface area contributed by atoms with E-state index in [0.717, 1.165) is 18.6 Å². The minimum absolute atomic E-state index is 0.0695. The summed E-state index contributed by atoms with van der Waals surface area (Å²) in [5.41, 5.74) is 0.395. The molecule has 11 heteroatoms. The average molecular weight is 512 g/mol. The molecule has 2 aromatic rings. The van der Waals surface area contributed by atoms with E-state index in [2.05, 4.69) is 10.0 Å². The predicted octanol–water partition coefficient (Wildman–Crippen LogP) is 4.07. The van der Waals surface area contributed by atoms with Crippen molar-refractivity contribution in [3.63, 3.8) is 0 Å². The van der Waals surface area contributed by atoms with Crippen molar-refractivity contribution < 1.29 is 26.7 Å². The molecule has 34 heavy (non-hydrogen) atoms. The quantitative estimate of drug-likeness (QED) is 0.631. The molecular weight excluding hydrogens is 488 g/mol. The van der Waals surface area contributed by atoms with Crippen LogP contribution in [0.1, 0.15) is 31.2 Å². The largest absolute Gasteiger partial charge is 0.485 e. The minimum atomic E-state index is -4.31. The van der Waals surface area contributed by atoms with Crippen molar-refractivity contribution in [3.8, 4) is 5.75 Å². The maximum Gasteiger partial charge on any atom is 0.264 e. The molecule has 1 amide bonds. The van der Waals surface area contributed by atoms with Crippen LogP contribution in [0.4, 0.5) is 20.2 Å². The second-order valence-corrected chi connectivity index (χ2v) is 11.3. The summed E-state index contributed by atoms with van der Waals surface area (Å²) in [6.07, 6.45) is 0.553. The SMILES string of the molecule is CN1CCC(Oc2cc(NS(=O)(=O)c3ccc(Cl)cc3F)cc3c2NC(=O)C32CCC2)C(F)C1. The highest BCUT2D eigenvalue weighted by molar-refractivity contribution is 7.92. The molecular formula is C23H24ClF2N3O4S. The molecule has 2 atom stereocenters. The van der Waals surface area contributed by atoms with E-state index in [1.165, 1.54) is 12.1 Å². The van der Waals surface area contributed by atoms with Gasteiger partial charge in [-0.2, -0.15) is 0 Å². The van der Waals surface area contributed by atoms with Crippen LogP contribution < -0.4 is 14.8 Å². The van der Waals surface area contributed by atoms with Crippen LogP contribution in [-0.2, 0) is 20.2 Å². The van der Waals surface area contributed by atoms with Crippen molar-refractivity contribution in [1.82, 2.24) is 4.90 Å². The number of carbonyl (C=O) groups excluding carboxylic acids is 1. The Labute approximate surface area is 201 Å². The van der Waals surface area contributed by atoms with Crippen molar-refractivity contribution >= 4 is 38.9 Å². The lowest BCUT2D eigenvalue weighted by Crippen LogP contribution is -2.45. The monoisotopic (exact) mass is 511 g/mol. The summed E-state index contributed by atoms with van der Waals surface area (Å²) in [7, 11) is -2.49. The number of likely N-dealkylation sites (tertiary alicyclic amines) is 1. The first kappa shape index (κ1) is 23.3. The Hall–Kier alpha value is -2.43. The number of amides is 1. The smallest absolute Gasteiger partial charge is 0.264 e. The molecule has 2 unspecified atom stereocenters. The Morgan fingerprint density at radius 1 is 1.26 bits per heavy atom. The molecule has 2 aliphatic heterocycles. The summed E-state index contributed by atoms with van der Waals surface area (Å²) in [6, 6.07) is 6.26. The first-order valence-electron chi connectivity index (χ1n) is 11.1. The number of fused-ring (bicyclic) bond motifs is 2. The topological polar surface area (TPSA) is 87.7 Å². The van der Waals surface area contributed by atoms with Gasteiger partial charge in [-0.25, -0.2) is 17.2 Å². The summed E-state index contributed by atoms with van der Waals surface area (Å²) >= 11 is 5.75. The van der Waals surface area contributed by atoms with Gasteiger partial charge in [-0.15, -0.1) is 0 Å². The number of hydrogen-bond donors (Lipinski definition) is 2. The number of hydrogen-bond acceptors (Lipinski definition) is 5. The molecule has 5 rings (SSSR count). The van der Waals surface area contributed by atoms with Crippen molar-refractivity contribution in [2.24, 2.45) is 0 Å². The Balaban J connectivity index is 1.53. The molecule has 2 aromatic carbocycles. The van der Waals surface area contributed by atoms with E-state index in [1.54, 1.807) is 6.07 Å². The van der Waals surface area contributed by atoms with Crippen LogP contribution in [0.2, 0.25) is 5.02 Å². The molecule has 2 heterocycles. The van der Waals surface area contributed by atoms with Crippen LogP contribution in [0.5, 0.6) is 5.75 Å². The van der Waals surface area contributed by atoms with Gasteiger partial charge in [0.15, 0.2) is 0 Å². The first-order chi connectivity index (χ1) is 16.1. The molecule has 0 bridgehead atoms. The van der Waals surface area contributed by atoms with Crippen molar-refractivity contribution in [2.45, 2.75) is 48.3 Å². The van der Waals surface area contributed by atoms with Crippen molar-refractivity contribution in [1.29, 1.82) is 0 Å². The maximum atomic E-state index is 14.7. The van der Waals surface area contributed by atoms with Gasteiger partial charge in [0.1, 0.15) is 28.7 Å². The number of anilines is 2. The Morgan fingerprint density at radius 3 is 2.68 bits per heavy atom. The number of rotatable bonds is 5. The van der Waals surface area contributed by atoms with E-state index in [4.69, 9.17) is 16.3 Å². The third-order valence-electron chi connectivity index (χ3n) is 6.90. The van der Waals surface area contributed by atoms with E-state index in [-0.39, 0.29) is 28.9 Å². The lowest BCUT2D eigenvalue weighted by atomic mass is 9.65. The number of nitrogens with one attached hydrogen (secondary N) is 2. The van der Waals surface area contributed by atoms with Gasteiger partial charge in [0, 0.05) is 24.2 Å². The summed E-state index contributed by atoms with van der Waals surface area (Å²) in [4.78, 5) is 14.1. The average Bonchev–Trinajstić information content (AvgIpc) is 3.01. The molecule has 1 spiro atoms. The van der Waals surface area contributed by atoms with Crippen molar-refractivity contribution in [2.75, 3.05) is 30.2 Å². The highest BCUT2D eigenvalue weighted by Gasteiger charge is 2.52. The van der Waals surface area contributed by atoms with Gasteiger partial charge in [-0.1, -0.05) is 18.0 Å². The zero-order valence-corrected chi connectivity index (χ0v) is 20.0. The second-order valence-electron chi connectivity index (χ2n) is 9.19.